The van der Waals surface area contributed by atoms with E-state index in [-0.39, 0.29) is 28.7 Å². The Bertz CT molecular complexity index is 1690. The summed E-state index contributed by atoms with van der Waals surface area (Å²) in [4.78, 5) is 29.8. The van der Waals surface area contributed by atoms with Gasteiger partial charge in [-0.25, -0.2) is 17.9 Å². The lowest BCUT2D eigenvalue weighted by Gasteiger charge is -2.45. The third-order valence-electron chi connectivity index (χ3n) is 10.0. The van der Waals surface area contributed by atoms with Crippen molar-refractivity contribution in [1.82, 2.24) is 9.62 Å². The Morgan fingerprint density at radius 2 is 1.96 bits per heavy atom. The predicted molar refractivity (Wildman–Crippen MR) is 179 cm³/mol. The molecule has 2 aliphatic carbocycles. The molecule has 0 unspecified atom stereocenters. The van der Waals surface area contributed by atoms with Crippen LogP contribution in [0.25, 0.3) is 0 Å². The lowest BCUT2D eigenvalue weighted by atomic mass is 9.68. The van der Waals surface area contributed by atoms with Gasteiger partial charge in [-0.3, -0.25) is 9.69 Å². The minimum absolute atomic E-state index is 0.0252. The molecular formula is C35H44ClN3O7S. The van der Waals surface area contributed by atoms with Crippen LogP contribution in [-0.2, 0) is 31.4 Å². The molecule has 1 spiro atoms. The number of nitrogens with one attached hydrogen (secondary N) is 1. The smallest absolute Gasteiger partial charge is 0.411 e. The summed E-state index contributed by atoms with van der Waals surface area (Å²) in [7, 11) is -4.33. The van der Waals surface area contributed by atoms with Crippen LogP contribution >= 0.6 is 11.6 Å². The van der Waals surface area contributed by atoms with Crippen LogP contribution in [0.3, 0.4) is 0 Å². The first-order chi connectivity index (χ1) is 22.2. The number of aliphatic hydroxyl groups is 1. The van der Waals surface area contributed by atoms with E-state index in [2.05, 4.69) is 15.7 Å². The maximum atomic E-state index is 13.7. The van der Waals surface area contributed by atoms with Crippen molar-refractivity contribution in [3.8, 4) is 5.75 Å². The van der Waals surface area contributed by atoms with E-state index in [1.807, 2.05) is 12.1 Å². The summed E-state index contributed by atoms with van der Waals surface area (Å²) in [6.45, 7) is 8.15. The molecule has 0 aromatic heterocycles. The minimum Gasteiger partial charge on any atom is -0.490 e. The van der Waals surface area contributed by atoms with Crippen LogP contribution in [0.5, 0.6) is 5.75 Å². The van der Waals surface area contributed by atoms with Gasteiger partial charge >= 0.3 is 6.09 Å². The molecule has 47 heavy (non-hydrogen) atoms. The molecule has 2 N–H and O–H groups in total. The lowest BCUT2D eigenvalue weighted by Crippen LogP contribution is -2.51. The number of aryl methyl sites for hydroxylation is 1. The predicted octanol–water partition coefficient (Wildman–Crippen LogP) is 5.20. The highest BCUT2D eigenvalue weighted by Gasteiger charge is 2.44. The number of fused-ring (bicyclic) bond motifs is 4. The van der Waals surface area contributed by atoms with Crippen molar-refractivity contribution in [2.75, 3.05) is 31.1 Å². The summed E-state index contributed by atoms with van der Waals surface area (Å²) in [5.41, 5.74) is 1.85. The van der Waals surface area contributed by atoms with Crippen LogP contribution in [-0.4, -0.2) is 74.4 Å². The van der Waals surface area contributed by atoms with Crippen molar-refractivity contribution >= 4 is 39.3 Å². The summed E-state index contributed by atoms with van der Waals surface area (Å²) in [6.07, 6.45) is 6.35. The average molecular weight is 686 g/mol. The Balaban J connectivity index is 1.40. The quantitative estimate of drug-likeness (QED) is 0.363. The van der Waals surface area contributed by atoms with Gasteiger partial charge in [0.15, 0.2) is 0 Å². The van der Waals surface area contributed by atoms with Gasteiger partial charge in [0.25, 0.3) is 15.9 Å². The molecule has 254 valence electrons. The Hall–Kier alpha value is -3.28. The first kappa shape index (κ1) is 33.6. The normalized spacial score (nSPS) is 29.7. The number of rotatable bonds is 0. The maximum Gasteiger partial charge on any atom is 0.411 e. The number of amides is 2. The second-order valence-electron chi connectivity index (χ2n) is 14.4. The number of anilines is 1. The van der Waals surface area contributed by atoms with Gasteiger partial charge in [-0.1, -0.05) is 29.8 Å². The van der Waals surface area contributed by atoms with Crippen molar-refractivity contribution in [1.29, 1.82) is 0 Å². The van der Waals surface area contributed by atoms with Crippen molar-refractivity contribution in [2.45, 2.75) is 87.9 Å². The number of halogens is 1. The minimum atomic E-state index is -4.33. The van der Waals surface area contributed by atoms with Gasteiger partial charge in [-0.05, 0) is 113 Å². The topological polar surface area (TPSA) is 125 Å². The molecule has 1 fully saturated rings. The van der Waals surface area contributed by atoms with Crippen LogP contribution in [0.2, 0.25) is 5.02 Å². The molecule has 4 aliphatic rings. The molecule has 1 saturated carbocycles. The largest absolute Gasteiger partial charge is 0.490 e. The number of sulfonamides is 1. The first-order valence-electron chi connectivity index (χ1n) is 16.4. The second-order valence-corrected chi connectivity index (χ2v) is 16.6. The lowest BCUT2D eigenvalue weighted by molar-refractivity contribution is -0.123. The average Bonchev–Trinajstić information content (AvgIpc) is 3.12. The van der Waals surface area contributed by atoms with Crippen molar-refractivity contribution in [2.24, 2.45) is 11.8 Å². The Kier molecular flexibility index (Phi) is 9.04. The highest BCUT2D eigenvalue weighted by atomic mass is 35.5. The van der Waals surface area contributed by atoms with Crippen molar-refractivity contribution in [3.05, 3.63) is 64.7 Å². The van der Waals surface area contributed by atoms with E-state index < -0.39 is 39.8 Å². The molecule has 2 bridgehead atoms. The van der Waals surface area contributed by atoms with E-state index in [0.717, 1.165) is 37.0 Å². The zero-order valence-corrected chi connectivity index (χ0v) is 28.9. The highest BCUT2D eigenvalue weighted by molar-refractivity contribution is 7.90. The summed E-state index contributed by atoms with van der Waals surface area (Å²) in [5.74, 6) is -0.201. The number of hydrogen-bond donors (Lipinski definition) is 2. The number of nitrogens with zero attached hydrogens (tertiary/aromatic N) is 2. The zero-order valence-electron chi connectivity index (χ0n) is 27.4. The van der Waals surface area contributed by atoms with Crippen LogP contribution in [0.1, 0.15) is 64.5 Å². The fourth-order valence-electron chi connectivity index (χ4n) is 7.40. The summed E-state index contributed by atoms with van der Waals surface area (Å²) in [5, 5.41) is 12.0. The fourth-order valence-corrected chi connectivity index (χ4v) is 8.66. The molecule has 2 aromatic carbocycles. The third-order valence-corrected chi connectivity index (χ3v) is 11.6. The van der Waals surface area contributed by atoms with Gasteiger partial charge < -0.3 is 19.5 Å². The summed E-state index contributed by atoms with van der Waals surface area (Å²) in [6, 6.07) is 9.53. The maximum absolute atomic E-state index is 13.7. The van der Waals surface area contributed by atoms with E-state index in [9.17, 15) is 23.1 Å². The summed E-state index contributed by atoms with van der Waals surface area (Å²) >= 11 is 6.39. The van der Waals surface area contributed by atoms with Gasteiger partial charge in [-0.2, -0.15) is 0 Å². The number of hydrogen-bond acceptors (Lipinski definition) is 8. The molecule has 6 rings (SSSR count). The van der Waals surface area contributed by atoms with Crippen LogP contribution in [0, 0.1) is 11.8 Å². The number of carbonyl (C=O) groups is 2. The van der Waals surface area contributed by atoms with Gasteiger partial charge in [0, 0.05) is 30.1 Å². The summed E-state index contributed by atoms with van der Waals surface area (Å²) < 4.78 is 41.6. The molecule has 2 aromatic rings. The molecule has 0 radical (unpaired) electrons. The molecule has 2 aliphatic heterocycles. The number of aliphatic hydroxyl groups excluding tert-OH is 1. The fraction of sp³-hybridized carbons (Fsp3) is 0.543. The monoisotopic (exact) mass is 685 g/mol. The molecule has 0 saturated heterocycles. The van der Waals surface area contributed by atoms with Gasteiger partial charge in [0.05, 0.1) is 23.3 Å². The third kappa shape index (κ3) is 6.85. The first-order valence-corrected chi connectivity index (χ1v) is 18.2. The van der Waals surface area contributed by atoms with Crippen LogP contribution < -0.4 is 14.4 Å². The van der Waals surface area contributed by atoms with Gasteiger partial charge in [-0.15, -0.1) is 0 Å². The molecule has 5 atom stereocenters. The molecular weight excluding hydrogens is 642 g/mol. The SMILES string of the molecule is C[C@@H]1C(=O)NS(=O)(=O)c2ccc3c(c2)N(C[C@@H]2CC[C@H]2[C@@H](O)/C=C/CN1C(=O)OC(C)(C)C)C[C@@]1(CCCc2cc(Cl)ccc21)CO3. The zero-order chi connectivity index (χ0) is 33.7. The van der Waals surface area contributed by atoms with E-state index in [4.69, 9.17) is 21.1 Å². The molecule has 2 heterocycles. The van der Waals surface area contributed by atoms with E-state index in [0.29, 0.717) is 36.2 Å². The molecule has 2 amide bonds. The Morgan fingerprint density at radius 3 is 2.68 bits per heavy atom. The van der Waals surface area contributed by atoms with Gasteiger partial charge in [0.1, 0.15) is 17.4 Å². The van der Waals surface area contributed by atoms with Gasteiger partial charge in [0.2, 0.25) is 0 Å². The van der Waals surface area contributed by atoms with E-state index in [1.54, 1.807) is 45.1 Å². The van der Waals surface area contributed by atoms with Crippen molar-refractivity contribution in [3.63, 3.8) is 0 Å². The van der Waals surface area contributed by atoms with Crippen LogP contribution in [0.15, 0.2) is 53.4 Å². The standard InChI is InChI=1S/C35H44ClN3O7S/c1-22-32(41)37-47(43,44)26-11-14-31-29(18-26)38(20-35(21-45-31)15-5-7-23-17-25(36)10-13-28(23)35)19-24-9-12-27(24)30(40)8-6-16-39(22)33(42)46-34(2,3)4/h6,8,10-11,13-14,17-18,22,24,27,30,40H,5,7,9,12,15-16,19-21H2,1-4H3,(H,37,41)/b8-6+/t22-,24+,27-,30+,35+/m1/s1. The second kappa shape index (κ2) is 12.6. The number of benzene rings is 2. The van der Waals surface area contributed by atoms with Crippen LogP contribution in [0.4, 0.5) is 10.5 Å². The Labute approximate surface area is 282 Å². The van der Waals surface area contributed by atoms with E-state index >= 15 is 0 Å². The molecule has 10 nitrogen and oxygen atoms in total. The van der Waals surface area contributed by atoms with E-state index in [1.165, 1.54) is 24.1 Å². The molecule has 12 heteroatoms. The highest BCUT2D eigenvalue weighted by Crippen LogP contribution is 2.47. The number of carbonyl (C=O) groups excluding carboxylic acids is 2. The number of ether oxygens (including phenoxy) is 2. The van der Waals surface area contributed by atoms with Crippen molar-refractivity contribution < 1.29 is 32.6 Å². The Morgan fingerprint density at radius 1 is 1.17 bits per heavy atom.